The van der Waals surface area contributed by atoms with Gasteiger partial charge in [0.05, 0.1) is 12.2 Å². The van der Waals surface area contributed by atoms with E-state index < -0.39 is 0 Å². The van der Waals surface area contributed by atoms with Crippen molar-refractivity contribution in [1.82, 2.24) is 0 Å². The average Bonchev–Trinajstić information content (AvgIpc) is 2.76. The molecule has 2 fully saturated rings. The van der Waals surface area contributed by atoms with Crippen LogP contribution in [0.2, 0.25) is 0 Å². The van der Waals surface area contributed by atoms with Gasteiger partial charge < -0.3 is 9.47 Å². The van der Waals surface area contributed by atoms with Crippen LogP contribution >= 0.6 is 15.9 Å². The van der Waals surface area contributed by atoms with Crippen LogP contribution in [0.5, 0.6) is 5.75 Å². The maximum Gasteiger partial charge on any atom is 0.128 e. The van der Waals surface area contributed by atoms with E-state index in [9.17, 15) is 4.39 Å². The Morgan fingerprint density at radius 3 is 2.79 bits per heavy atom. The maximum atomic E-state index is 13.3. The van der Waals surface area contributed by atoms with Crippen LogP contribution in [0, 0.1) is 5.82 Å². The Morgan fingerprint density at radius 2 is 2.05 bits per heavy atom. The topological polar surface area (TPSA) is 18.5 Å². The van der Waals surface area contributed by atoms with Gasteiger partial charge in [-0.05, 0) is 25.0 Å². The SMILES string of the molecule is Fc1cc(Br)cc(OC2CCOC3(CCCC3)C2)c1. The molecule has 104 valence electrons. The van der Waals surface area contributed by atoms with Gasteiger partial charge in [0.15, 0.2) is 0 Å². The van der Waals surface area contributed by atoms with Gasteiger partial charge in [0.25, 0.3) is 0 Å². The van der Waals surface area contributed by atoms with E-state index >= 15 is 0 Å². The van der Waals surface area contributed by atoms with Crippen LogP contribution in [0.3, 0.4) is 0 Å². The van der Waals surface area contributed by atoms with Crippen molar-refractivity contribution >= 4 is 15.9 Å². The Labute approximate surface area is 121 Å². The zero-order valence-corrected chi connectivity index (χ0v) is 12.4. The fourth-order valence-electron chi connectivity index (χ4n) is 3.24. The molecule has 0 bridgehead atoms. The Kier molecular flexibility index (Phi) is 3.81. The van der Waals surface area contributed by atoms with Crippen molar-refractivity contribution in [3.05, 3.63) is 28.5 Å². The summed E-state index contributed by atoms with van der Waals surface area (Å²) in [6.45, 7) is 0.751. The predicted octanol–water partition coefficient (Wildman–Crippen LogP) is 4.46. The fourth-order valence-corrected chi connectivity index (χ4v) is 3.68. The third-order valence-electron chi connectivity index (χ3n) is 4.10. The highest BCUT2D eigenvalue weighted by atomic mass is 79.9. The molecule has 1 unspecified atom stereocenters. The van der Waals surface area contributed by atoms with Crippen LogP contribution in [0.1, 0.15) is 38.5 Å². The van der Waals surface area contributed by atoms with E-state index in [1.807, 2.05) is 6.07 Å². The van der Waals surface area contributed by atoms with E-state index in [1.54, 1.807) is 0 Å². The van der Waals surface area contributed by atoms with Crippen molar-refractivity contribution in [2.24, 2.45) is 0 Å². The lowest BCUT2D eigenvalue weighted by Gasteiger charge is -2.38. The molecular formula is C15H18BrFO2. The fraction of sp³-hybridized carbons (Fsp3) is 0.600. The molecule has 3 rings (SSSR count). The highest BCUT2D eigenvalue weighted by molar-refractivity contribution is 9.10. The number of hydrogen-bond donors (Lipinski definition) is 0. The molecule has 1 aliphatic heterocycles. The van der Waals surface area contributed by atoms with Gasteiger partial charge in [-0.25, -0.2) is 4.39 Å². The summed E-state index contributed by atoms with van der Waals surface area (Å²) in [5, 5.41) is 0. The zero-order valence-electron chi connectivity index (χ0n) is 10.8. The van der Waals surface area contributed by atoms with Crippen LogP contribution in [-0.2, 0) is 4.74 Å². The van der Waals surface area contributed by atoms with Crippen molar-refractivity contribution in [1.29, 1.82) is 0 Å². The van der Waals surface area contributed by atoms with Crippen LogP contribution in [0.25, 0.3) is 0 Å². The molecule has 1 atom stereocenters. The highest BCUT2D eigenvalue weighted by Crippen LogP contribution is 2.41. The van der Waals surface area contributed by atoms with Crippen molar-refractivity contribution in [2.45, 2.75) is 50.2 Å². The second-order valence-electron chi connectivity index (χ2n) is 5.58. The van der Waals surface area contributed by atoms with Crippen molar-refractivity contribution in [3.63, 3.8) is 0 Å². The van der Waals surface area contributed by atoms with Gasteiger partial charge in [-0.2, -0.15) is 0 Å². The maximum absolute atomic E-state index is 13.3. The molecule has 0 aromatic heterocycles. The Morgan fingerprint density at radius 1 is 1.26 bits per heavy atom. The van der Waals surface area contributed by atoms with E-state index in [4.69, 9.17) is 9.47 Å². The summed E-state index contributed by atoms with van der Waals surface area (Å²) in [7, 11) is 0. The molecule has 1 aromatic carbocycles. The number of halogens is 2. The molecule has 1 aromatic rings. The van der Waals surface area contributed by atoms with Gasteiger partial charge >= 0.3 is 0 Å². The lowest BCUT2D eigenvalue weighted by molar-refractivity contribution is -0.108. The van der Waals surface area contributed by atoms with Crippen LogP contribution in [0.4, 0.5) is 4.39 Å². The van der Waals surface area contributed by atoms with Gasteiger partial charge in [0.2, 0.25) is 0 Å². The van der Waals surface area contributed by atoms with E-state index in [-0.39, 0.29) is 17.5 Å². The molecule has 0 amide bonds. The minimum Gasteiger partial charge on any atom is -0.490 e. The lowest BCUT2D eigenvalue weighted by atomic mass is 9.90. The molecular weight excluding hydrogens is 311 g/mol. The number of rotatable bonds is 2. The Balaban J connectivity index is 1.69. The lowest BCUT2D eigenvalue weighted by Crippen LogP contribution is -2.41. The molecule has 1 saturated carbocycles. The Bertz CT molecular complexity index is 437. The summed E-state index contributed by atoms with van der Waals surface area (Å²) in [4.78, 5) is 0. The summed E-state index contributed by atoms with van der Waals surface area (Å²) in [5.41, 5.74) is 0.0352. The predicted molar refractivity (Wildman–Crippen MR) is 74.9 cm³/mol. The first-order chi connectivity index (χ1) is 9.15. The molecule has 1 saturated heterocycles. The normalized spacial score (nSPS) is 25.7. The summed E-state index contributed by atoms with van der Waals surface area (Å²) in [5.74, 6) is 0.332. The molecule has 1 spiro atoms. The monoisotopic (exact) mass is 328 g/mol. The van der Waals surface area contributed by atoms with Crippen molar-refractivity contribution in [3.8, 4) is 5.75 Å². The molecule has 2 nitrogen and oxygen atoms in total. The minimum atomic E-state index is -0.271. The summed E-state index contributed by atoms with van der Waals surface area (Å²) >= 11 is 3.29. The molecule has 1 aliphatic carbocycles. The largest absolute Gasteiger partial charge is 0.490 e. The first-order valence-electron chi connectivity index (χ1n) is 6.92. The third-order valence-corrected chi connectivity index (χ3v) is 4.56. The van der Waals surface area contributed by atoms with E-state index in [0.717, 1.165) is 32.3 Å². The number of benzene rings is 1. The van der Waals surface area contributed by atoms with Crippen LogP contribution in [0.15, 0.2) is 22.7 Å². The molecule has 19 heavy (non-hydrogen) atoms. The quantitative estimate of drug-likeness (QED) is 0.798. The third kappa shape index (κ3) is 3.11. The van der Waals surface area contributed by atoms with E-state index in [1.165, 1.54) is 25.0 Å². The number of hydrogen-bond acceptors (Lipinski definition) is 2. The molecule has 2 aliphatic rings. The van der Waals surface area contributed by atoms with Crippen molar-refractivity contribution < 1.29 is 13.9 Å². The average molecular weight is 329 g/mol. The minimum absolute atomic E-state index is 0.0352. The second-order valence-corrected chi connectivity index (χ2v) is 6.49. The van der Waals surface area contributed by atoms with Gasteiger partial charge in [0, 0.05) is 23.4 Å². The van der Waals surface area contributed by atoms with Gasteiger partial charge in [-0.15, -0.1) is 0 Å². The van der Waals surface area contributed by atoms with Gasteiger partial charge in [0.1, 0.15) is 17.7 Å². The second kappa shape index (κ2) is 5.41. The first-order valence-corrected chi connectivity index (χ1v) is 7.71. The van der Waals surface area contributed by atoms with E-state index in [2.05, 4.69) is 15.9 Å². The zero-order chi connectivity index (χ0) is 13.3. The van der Waals surface area contributed by atoms with Crippen LogP contribution < -0.4 is 4.74 Å². The van der Waals surface area contributed by atoms with Crippen LogP contribution in [-0.4, -0.2) is 18.3 Å². The highest BCUT2D eigenvalue weighted by Gasteiger charge is 2.40. The smallest absolute Gasteiger partial charge is 0.128 e. The van der Waals surface area contributed by atoms with Gasteiger partial charge in [-0.1, -0.05) is 28.8 Å². The molecule has 0 radical (unpaired) electrons. The molecule has 0 N–H and O–H groups in total. The first kappa shape index (κ1) is 13.4. The number of ether oxygens (including phenoxy) is 2. The standard InChI is InChI=1S/C15H18BrFO2/c16-11-7-12(17)9-14(8-11)19-13-3-6-18-15(10-13)4-1-2-5-15/h7-9,13H,1-6,10H2. The van der Waals surface area contributed by atoms with Crippen molar-refractivity contribution in [2.75, 3.05) is 6.61 Å². The Hall–Kier alpha value is -0.610. The summed E-state index contributed by atoms with van der Waals surface area (Å²) in [6.07, 6.45) is 6.73. The summed E-state index contributed by atoms with van der Waals surface area (Å²) in [6, 6.07) is 4.71. The molecule has 4 heteroatoms. The summed E-state index contributed by atoms with van der Waals surface area (Å²) < 4.78 is 26.0. The molecule has 1 heterocycles. The van der Waals surface area contributed by atoms with E-state index in [0.29, 0.717) is 10.2 Å². The van der Waals surface area contributed by atoms with Gasteiger partial charge in [-0.3, -0.25) is 0 Å².